The molecule has 2 unspecified atom stereocenters. The van der Waals surface area contributed by atoms with Crippen LogP contribution in [0.15, 0.2) is 9.52 Å². The monoisotopic (exact) mass is 463 g/mol. The normalized spacial score (nSPS) is 24.1. The molecule has 25 heavy (non-hydrogen) atoms. The van der Waals surface area contributed by atoms with Gasteiger partial charge in [0.05, 0.1) is 6.54 Å². The average Bonchev–Trinajstić information content (AvgIpc) is 2.95. The Morgan fingerprint density at radius 3 is 2.48 bits per heavy atom. The Morgan fingerprint density at radius 2 is 1.92 bits per heavy atom. The van der Waals surface area contributed by atoms with E-state index in [-0.39, 0.29) is 24.0 Å². The molecule has 1 heterocycles. The van der Waals surface area contributed by atoms with Crippen molar-refractivity contribution >= 4 is 29.9 Å². The molecule has 1 fully saturated rings. The first-order chi connectivity index (χ1) is 11.5. The van der Waals surface area contributed by atoms with Crippen LogP contribution in [0.1, 0.15) is 71.5 Å². The maximum absolute atomic E-state index is 5.27. The first kappa shape index (κ1) is 22.2. The second kappa shape index (κ2) is 11.0. The van der Waals surface area contributed by atoms with Crippen molar-refractivity contribution in [3.8, 4) is 0 Å². The minimum Gasteiger partial charge on any atom is -0.357 e. The molecule has 0 aliphatic heterocycles. The number of hydrogen-bond donors (Lipinski definition) is 2. The molecule has 2 atom stereocenters. The lowest BCUT2D eigenvalue weighted by Crippen LogP contribution is -2.46. The molecule has 6 nitrogen and oxygen atoms in total. The SMILES string of the molecule is CCNC(=NCCc1nc(C(C)C)no1)NC1CC(C)CC(C)C1.I. The fraction of sp³-hybridized carbons (Fsp3) is 0.833. The van der Waals surface area contributed by atoms with Crippen molar-refractivity contribution in [1.29, 1.82) is 0 Å². The third kappa shape index (κ3) is 7.50. The van der Waals surface area contributed by atoms with Crippen LogP contribution in [0, 0.1) is 11.8 Å². The van der Waals surface area contributed by atoms with E-state index in [9.17, 15) is 0 Å². The molecule has 0 saturated heterocycles. The van der Waals surface area contributed by atoms with E-state index >= 15 is 0 Å². The Balaban J connectivity index is 0.00000312. The Labute approximate surface area is 169 Å². The summed E-state index contributed by atoms with van der Waals surface area (Å²) >= 11 is 0. The van der Waals surface area contributed by atoms with Gasteiger partial charge in [-0.25, -0.2) is 0 Å². The lowest BCUT2D eigenvalue weighted by Gasteiger charge is -2.32. The van der Waals surface area contributed by atoms with Gasteiger partial charge in [0.2, 0.25) is 5.89 Å². The van der Waals surface area contributed by atoms with Gasteiger partial charge < -0.3 is 15.2 Å². The Bertz CT molecular complexity index is 521. The minimum atomic E-state index is 0. The summed E-state index contributed by atoms with van der Waals surface area (Å²) in [6.45, 7) is 12.4. The van der Waals surface area contributed by atoms with E-state index in [1.807, 2.05) is 0 Å². The summed E-state index contributed by atoms with van der Waals surface area (Å²) in [6.07, 6.45) is 4.45. The highest BCUT2D eigenvalue weighted by Gasteiger charge is 2.24. The molecule has 1 aliphatic rings. The van der Waals surface area contributed by atoms with Crippen molar-refractivity contribution in [2.75, 3.05) is 13.1 Å². The molecular formula is C18H34IN5O. The molecule has 0 radical (unpaired) electrons. The lowest BCUT2D eigenvalue weighted by atomic mass is 9.80. The fourth-order valence-corrected chi connectivity index (χ4v) is 3.45. The van der Waals surface area contributed by atoms with Crippen molar-refractivity contribution in [1.82, 2.24) is 20.8 Å². The molecule has 1 saturated carbocycles. The van der Waals surface area contributed by atoms with Gasteiger partial charge in [0.15, 0.2) is 11.8 Å². The van der Waals surface area contributed by atoms with Gasteiger partial charge in [-0.3, -0.25) is 4.99 Å². The highest BCUT2D eigenvalue weighted by Crippen LogP contribution is 2.28. The van der Waals surface area contributed by atoms with Crippen LogP contribution < -0.4 is 10.6 Å². The van der Waals surface area contributed by atoms with Crippen LogP contribution in [0.4, 0.5) is 0 Å². The van der Waals surface area contributed by atoms with Crippen molar-refractivity contribution in [3.63, 3.8) is 0 Å². The molecule has 0 amide bonds. The van der Waals surface area contributed by atoms with Crippen molar-refractivity contribution < 1.29 is 4.52 Å². The number of hydrogen-bond acceptors (Lipinski definition) is 4. The predicted octanol–water partition coefficient (Wildman–Crippen LogP) is 3.73. The Kier molecular flexibility index (Phi) is 9.74. The van der Waals surface area contributed by atoms with E-state index in [4.69, 9.17) is 4.52 Å². The number of aliphatic imine (C=N–C) groups is 1. The molecule has 0 bridgehead atoms. The van der Waals surface area contributed by atoms with Crippen molar-refractivity contribution in [3.05, 3.63) is 11.7 Å². The molecule has 2 N–H and O–H groups in total. The summed E-state index contributed by atoms with van der Waals surface area (Å²) in [6, 6.07) is 0.512. The number of aromatic nitrogens is 2. The first-order valence-electron chi connectivity index (χ1n) is 9.35. The van der Waals surface area contributed by atoms with Crippen LogP contribution in [0.5, 0.6) is 0 Å². The maximum Gasteiger partial charge on any atom is 0.228 e. The average molecular weight is 463 g/mol. The van der Waals surface area contributed by atoms with E-state index in [0.29, 0.717) is 30.8 Å². The summed E-state index contributed by atoms with van der Waals surface area (Å²) in [7, 11) is 0. The zero-order valence-electron chi connectivity index (χ0n) is 16.2. The van der Waals surface area contributed by atoms with Gasteiger partial charge in [-0.2, -0.15) is 4.98 Å². The second-order valence-corrected chi connectivity index (χ2v) is 7.47. The summed E-state index contributed by atoms with van der Waals surface area (Å²) in [4.78, 5) is 9.07. The summed E-state index contributed by atoms with van der Waals surface area (Å²) < 4.78 is 5.27. The van der Waals surface area contributed by atoms with E-state index in [0.717, 1.165) is 30.2 Å². The lowest BCUT2D eigenvalue weighted by molar-refractivity contribution is 0.255. The summed E-state index contributed by atoms with van der Waals surface area (Å²) in [5.41, 5.74) is 0. The standard InChI is InChI=1S/C18H33N5O.HI/c1-6-19-18(21-15-10-13(4)9-14(5)11-15)20-8-7-16-22-17(12(2)3)23-24-16;/h12-15H,6-11H2,1-5H3,(H2,19,20,21);1H. The number of guanidine groups is 1. The molecule has 7 heteroatoms. The van der Waals surface area contributed by atoms with Gasteiger partial charge in [0.1, 0.15) is 0 Å². The third-order valence-corrected chi connectivity index (χ3v) is 4.46. The molecule has 0 spiro atoms. The van der Waals surface area contributed by atoms with Crippen molar-refractivity contribution in [2.24, 2.45) is 16.8 Å². The smallest absolute Gasteiger partial charge is 0.228 e. The minimum absolute atomic E-state index is 0. The fourth-order valence-electron chi connectivity index (χ4n) is 3.45. The quantitative estimate of drug-likeness (QED) is 0.382. The molecule has 1 aromatic rings. The summed E-state index contributed by atoms with van der Waals surface area (Å²) in [5, 5.41) is 10.9. The highest BCUT2D eigenvalue weighted by molar-refractivity contribution is 14.0. The second-order valence-electron chi connectivity index (χ2n) is 7.47. The van der Waals surface area contributed by atoms with Crippen LogP contribution in [0.2, 0.25) is 0 Å². The van der Waals surface area contributed by atoms with Gasteiger partial charge in [-0.1, -0.05) is 32.9 Å². The molecule has 144 valence electrons. The number of nitrogens with zero attached hydrogens (tertiary/aromatic N) is 3. The van der Waals surface area contributed by atoms with Crippen molar-refractivity contribution in [2.45, 2.75) is 72.3 Å². The van der Waals surface area contributed by atoms with Gasteiger partial charge in [-0.05, 0) is 38.0 Å². The number of nitrogens with one attached hydrogen (secondary N) is 2. The van der Waals surface area contributed by atoms with Crippen LogP contribution in [0.25, 0.3) is 0 Å². The van der Waals surface area contributed by atoms with Gasteiger partial charge in [0.25, 0.3) is 0 Å². The number of rotatable bonds is 6. The maximum atomic E-state index is 5.27. The van der Waals surface area contributed by atoms with E-state index in [1.165, 1.54) is 19.3 Å². The van der Waals surface area contributed by atoms with E-state index < -0.39 is 0 Å². The third-order valence-electron chi connectivity index (χ3n) is 4.46. The van der Waals surface area contributed by atoms with Gasteiger partial charge >= 0.3 is 0 Å². The van der Waals surface area contributed by atoms with E-state index in [1.54, 1.807) is 0 Å². The zero-order valence-corrected chi connectivity index (χ0v) is 18.5. The predicted molar refractivity (Wildman–Crippen MR) is 113 cm³/mol. The van der Waals surface area contributed by atoms with Gasteiger partial charge in [0, 0.05) is 24.9 Å². The Hall–Kier alpha value is -0.860. The highest BCUT2D eigenvalue weighted by atomic mass is 127. The van der Waals surface area contributed by atoms with Crippen LogP contribution in [0.3, 0.4) is 0 Å². The molecule has 1 aliphatic carbocycles. The molecule has 2 rings (SSSR count). The zero-order chi connectivity index (χ0) is 17.5. The van der Waals surface area contributed by atoms with E-state index in [2.05, 4.69) is 60.4 Å². The molecular weight excluding hydrogens is 429 g/mol. The largest absolute Gasteiger partial charge is 0.357 e. The molecule has 1 aromatic heterocycles. The first-order valence-corrected chi connectivity index (χ1v) is 9.35. The van der Waals surface area contributed by atoms with Crippen LogP contribution >= 0.6 is 24.0 Å². The topological polar surface area (TPSA) is 75.3 Å². The number of halogens is 1. The van der Waals surface area contributed by atoms with Gasteiger partial charge in [-0.15, -0.1) is 24.0 Å². The molecule has 0 aromatic carbocycles. The summed E-state index contributed by atoms with van der Waals surface area (Å²) in [5.74, 6) is 4.18. The van der Waals surface area contributed by atoms with Crippen LogP contribution in [-0.4, -0.2) is 35.2 Å². The Morgan fingerprint density at radius 1 is 1.24 bits per heavy atom. The van der Waals surface area contributed by atoms with Crippen LogP contribution in [-0.2, 0) is 6.42 Å².